The van der Waals surface area contributed by atoms with Crippen LogP contribution in [-0.2, 0) is 9.05 Å². The molecule has 0 bridgehead atoms. The molecule has 0 aliphatic carbocycles. The van der Waals surface area contributed by atoms with Gasteiger partial charge in [0, 0.05) is 16.7 Å². The molecule has 0 radical (unpaired) electrons. The molecule has 0 aliphatic heterocycles. The molecule has 0 fully saturated rings. The molecule has 0 atom stereocenters. The molecule has 0 aromatic heterocycles. The molecule has 6 nitrogen and oxygen atoms in total. The van der Waals surface area contributed by atoms with Gasteiger partial charge >= 0.3 is 0 Å². The number of halogens is 2. The first-order valence-electron chi connectivity index (χ1n) is 3.74. The minimum atomic E-state index is -4.17. The lowest BCUT2D eigenvalue weighted by molar-refractivity contribution is -0.385. The fraction of sp³-hybridized carbons (Fsp3) is 0.143. The fourth-order valence-electron chi connectivity index (χ4n) is 0.990. The predicted molar refractivity (Wildman–Crippen MR) is 57.7 cm³/mol. The van der Waals surface area contributed by atoms with Crippen molar-refractivity contribution >= 4 is 37.0 Å². The first-order chi connectivity index (χ1) is 7.27. The van der Waals surface area contributed by atoms with Gasteiger partial charge in [-0.2, -0.15) is 0 Å². The van der Waals surface area contributed by atoms with Crippen LogP contribution >= 0.6 is 22.3 Å². The summed E-state index contributed by atoms with van der Waals surface area (Å²) in [7, 11) is 2.12. The third kappa shape index (κ3) is 2.55. The second kappa shape index (κ2) is 4.44. The number of methoxy groups -OCH3 is 1. The average molecular weight is 286 g/mol. The summed E-state index contributed by atoms with van der Waals surface area (Å²) in [5.41, 5.74) is -0.472. The maximum absolute atomic E-state index is 11.1. The van der Waals surface area contributed by atoms with E-state index in [2.05, 4.69) is 0 Å². The van der Waals surface area contributed by atoms with E-state index in [0.717, 1.165) is 12.1 Å². The number of nitro benzene ring substituents is 1. The Morgan fingerprint density at radius 2 is 2.00 bits per heavy atom. The monoisotopic (exact) mass is 285 g/mol. The van der Waals surface area contributed by atoms with Crippen molar-refractivity contribution in [3.05, 3.63) is 27.3 Å². The SMILES string of the molecule is COc1cc([N+](=O)[O-])cc(S(=O)(=O)Cl)c1Cl. The van der Waals surface area contributed by atoms with E-state index >= 15 is 0 Å². The van der Waals surface area contributed by atoms with Crippen molar-refractivity contribution in [3.8, 4) is 5.75 Å². The van der Waals surface area contributed by atoms with Crippen LogP contribution in [0.4, 0.5) is 5.69 Å². The molecule has 0 N–H and O–H groups in total. The number of ether oxygens (including phenoxy) is 1. The molecule has 0 unspecified atom stereocenters. The van der Waals surface area contributed by atoms with Gasteiger partial charge in [0.25, 0.3) is 14.7 Å². The normalized spacial score (nSPS) is 11.2. The fourth-order valence-corrected chi connectivity index (χ4v) is 2.54. The highest BCUT2D eigenvalue weighted by molar-refractivity contribution is 8.13. The molecule has 0 aliphatic rings. The van der Waals surface area contributed by atoms with Crippen LogP contribution in [0.1, 0.15) is 0 Å². The van der Waals surface area contributed by atoms with Crippen molar-refractivity contribution in [3.63, 3.8) is 0 Å². The van der Waals surface area contributed by atoms with E-state index in [1.54, 1.807) is 0 Å². The Hall–Kier alpha value is -1.05. The van der Waals surface area contributed by atoms with Crippen molar-refractivity contribution in [1.82, 2.24) is 0 Å². The summed E-state index contributed by atoms with van der Waals surface area (Å²) in [5.74, 6) is -0.130. The third-order valence-electron chi connectivity index (χ3n) is 1.68. The van der Waals surface area contributed by atoms with Crippen molar-refractivity contribution in [2.45, 2.75) is 4.90 Å². The van der Waals surface area contributed by atoms with Gasteiger partial charge in [-0.05, 0) is 0 Å². The Morgan fingerprint density at radius 1 is 1.44 bits per heavy atom. The summed E-state index contributed by atoms with van der Waals surface area (Å²) in [6.45, 7) is 0. The summed E-state index contributed by atoms with van der Waals surface area (Å²) < 4.78 is 26.9. The number of rotatable bonds is 3. The molecule has 0 spiro atoms. The van der Waals surface area contributed by atoms with Crippen LogP contribution in [0, 0.1) is 10.1 Å². The van der Waals surface area contributed by atoms with Crippen LogP contribution < -0.4 is 4.74 Å². The first-order valence-corrected chi connectivity index (χ1v) is 6.42. The molecule has 9 heteroatoms. The topological polar surface area (TPSA) is 86.5 Å². The number of non-ortho nitro benzene ring substituents is 1. The smallest absolute Gasteiger partial charge is 0.274 e. The maximum Gasteiger partial charge on any atom is 0.274 e. The van der Waals surface area contributed by atoms with E-state index in [0.29, 0.717) is 0 Å². The van der Waals surface area contributed by atoms with E-state index < -0.39 is 24.6 Å². The van der Waals surface area contributed by atoms with Gasteiger partial charge in [-0.15, -0.1) is 0 Å². The summed E-state index contributed by atoms with van der Waals surface area (Å²) in [5, 5.41) is 10.2. The lowest BCUT2D eigenvalue weighted by atomic mass is 10.3. The van der Waals surface area contributed by atoms with E-state index in [1.807, 2.05) is 0 Å². The van der Waals surface area contributed by atoms with Crippen LogP contribution in [0.15, 0.2) is 17.0 Å². The van der Waals surface area contributed by atoms with Gasteiger partial charge < -0.3 is 4.74 Å². The standard InChI is InChI=1S/C7H5Cl2NO5S/c1-15-5-2-4(10(11)12)3-6(7(5)8)16(9,13)14/h2-3H,1H3. The predicted octanol–water partition coefficient (Wildman–Crippen LogP) is 2.18. The van der Waals surface area contributed by atoms with Crippen LogP contribution in [0.2, 0.25) is 5.02 Å². The highest BCUT2D eigenvalue weighted by Gasteiger charge is 2.23. The summed E-state index contributed by atoms with van der Waals surface area (Å²) >= 11 is 5.66. The molecule has 1 aromatic rings. The molecule has 0 heterocycles. The molecule has 0 amide bonds. The van der Waals surface area contributed by atoms with Crippen molar-refractivity contribution in [2.24, 2.45) is 0 Å². The van der Waals surface area contributed by atoms with Crippen molar-refractivity contribution in [2.75, 3.05) is 7.11 Å². The lowest BCUT2D eigenvalue weighted by Crippen LogP contribution is -1.98. The minimum absolute atomic E-state index is 0.130. The highest BCUT2D eigenvalue weighted by atomic mass is 35.7. The molecule has 1 aromatic carbocycles. The van der Waals surface area contributed by atoms with E-state index in [9.17, 15) is 18.5 Å². The number of nitro groups is 1. The van der Waals surface area contributed by atoms with Crippen LogP contribution in [0.25, 0.3) is 0 Å². The van der Waals surface area contributed by atoms with Crippen LogP contribution in [-0.4, -0.2) is 20.5 Å². The van der Waals surface area contributed by atoms with Crippen LogP contribution in [0.3, 0.4) is 0 Å². The Kier molecular flexibility index (Phi) is 3.61. The quantitative estimate of drug-likeness (QED) is 0.483. The second-order valence-corrected chi connectivity index (χ2v) is 5.57. The minimum Gasteiger partial charge on any atom is -0.495 e. The molecule has 16 heavy (non-hydrogen) atoms. The second-order valence-electron chi connectivity index (χ2n) is 2.66. The lowest BCUT2D eigenvalue weighted by Gasteiger charge is -2.06. The van der Waals surface area contributed by atoms with E-state index in [1.165, 1.54) is 7.11 Å². The van der Waals surface area contributed by atoms with Gasteiger partial charge in [0.05, 0.1) is 18.1 Å². The number of nitrogens with zero attached hydrogens (tertiary/aromatic N) is 1. The van der Waals surface area contributed by atoms with E-state index in [-0.39, 0.29) is 10.8 Å². The zero-order chi connectivity index (χ0) is 12.5. The van der Waals surface area contributed by atoms with E-state index in [4.69, 9.17) is 27.0 Å². The Labute approximate surface area is 100 Å². The molecule has 0 saturated carbocycles. The molecule has 1 rings (SSSR count). The highest BCUT2D eigenvalue weighted by Crippen LogP contribution is 2.36. The van der Waals surface area contributed by atoms with Gasteiger partial charge in [-0.25, -0.2) is 8.42 Å². The third-order valence-corrected chi connectivity index (χ3v) is 3.53. The number of benzene rings is 1. The average Bonchev–Trinajstić information content (AvgIpc) is 2.15. The van der Waals surface area contributed by atoms with Gasteiger partial charge in [0.15, 0.2) is 0 Å². The Balaban J connectivity index is 3.61. The molecular formula is C7H5Cl2NO5S. The van der Waals surface area contributed by atoms with Gasteiger partial charge in [-0.3, -0.25) is 10.1 Å². The summed E-state index contributed by atoms with van der Waals surface area (Å²) in [4.78, 5) is 9.20. The number of hydrogen-bond donors (Lipinski definition) is 0. The summed E-state index contributed by atoms with van der Waals surface area (Å²) in [6.07, 6.45) is 0. The number of hydrogen-bond acceptors (Lipinski definition) is 5. The summed E-state index contributed by atoms with van der Waals surface area (Å²) in [6, 6.07) is 1.78. The Bertz CT molecular complexity index is 542. The maximum atomic E-state index is 11.1. The molecule has 88 valence electrons. The largest absolute Gasteiger partial charge is 0.495 e. The first kappa shape index (κ1) is 13.0. The zero-order valence-electron chi connectivity index (χ0n) is 7.81. The zero-order valence-corrected chi connectivity index (χ0v) is 10.1. The Morgan fingerprint density at radius 3 is 2.38 bits per heavy atom. The van der Waals surface area contributed by atoms with Crippen molar-refractivity contribution in [1.29, 1.82) is 0 Å². The van der Waals surface area contributed by atoms with Crippen LogP contribution in [0.5, 0.6) is 5.75 Å². The van der Waals surface area contributed by atoms with Gasteiger partial charge in [-0.1, -0.05) is 11.6 Å². The molecular weight excluding hydrogens is 281 g/mol. The van der Waals surface area contributed by atoms with Crippen molar-refractivity contribution < 1.29 is 18.1 Å². The van der Waals surface area contributed by atoms with Gasteiger partial charge in [0.1, 0.15) is 15.7 Å². The van der Waals surface area contributed by atoms with Gasteiger partial charge in [0.2, 0.25) is 0 Å². The molecule has 0 saturated heterocycles.